The van der Waals surface area contributed by atoms with Crippen molar-refractivity contribution < 1.29 is 4.79 Å². The van der Waals surface area contributed by atoms with Gasteiger partial charge in [0, 0.05) is 19.6 Å². The minimum atomic E-state index is 0. The van der Waals surface area contributed by atoms with E-state index in [9.17, 15) is 4.79 Å². The van der Waals surface area contributed by atoms with Crippen LogP contribution < -0.4 is 5.32 Å². The van der Waals surface area contributed by atoms with Gasteiger partial charge in [-0.2, -0.15) is 5.26 Å². The zero-order valence-electron chi connectivity index (χ0n) is 9.14. The van der Waals surface area contributed by atoms with Crippen LogP contribution in [0.15, 0.2) is 18.2 Å². The molecule has 0 aliphatic carbocycles. The Labute approximate surface area is 106 Å². The average Bonchev–Trinajstić information content (AvgIpc) is 2.64. The smallest absolute Gasteiger partial charge is 0.256 e. The molecule has 0 spiro atoms. The number of hydrogen-bond acceptors (Lipinski definition) is 3. The Balaban J connectivity index is 0.00000108. The minimum absolute atomic E-state index is 0. The molecule has 1 aromatic carbocycles. The lowest BCUT2D eigenvalue weighted by molar-refractivity contribution is 0.0690. The summed E-state index contributed by atoms with van der Waals surface area (Å²) < 4.78 is 0. The molecule has 0 aromatic heterocycles. The van der Waals surface area contributed by atoms with Crippen LogP contribution in [0.25, 0.3) is 0 Å². The van der Waals surface area contributed by atoms with E-state index in [0.29, 0.717) is 11.1 Å². The Hall–Kier alpha value is -1.57. The molecule has 0 bridgehead atoms. The highest BCUT2D eigenvalue weighted by atomic mass is 35.5. The highest BCUT2D eigenvalue weighted by Gasteiger charge is 2.39. The first-order valence-electron chi connectivity index (χ1n) is 5.37. The molecule has 5 heteroatoms. The zero-order valence-corrected chi connectivity index (χ0v) is 9.96. The Morgan fingerprint density at radius 1 is 1.47 bits per heavy atom. The van der Waals surface area contributed by atoms with E-state index in [-0.39, 0.29) is 24.4 Å². The quantitative estimate of drug-likeness (QED) is 0.749. The second-order valence-corrected chi connectivity index (χ2v) is 4.10. The van der Waals surface area contributed by atoms with E-state index >= 15 is 0 Å². The van der Waals surface area contributed by atoms with Crippen LogP contribution in [0, 0.1) is 11.3 Å². The molecule has 2 heterocycles. The maximum atomic E-state index is 12.2. The van der Waals surface area contributed by atoms with Crippen LogP contribution in [-0.2, 0) is 0 Å². The predicted octanol–water partition coefficient (Wildman–Crippen LogP) is 1.08. The largest absolute Gasteiger partial charge is 0.329 e. The van der Waals surface area contributed by atoms with Crippen LogP contribution in [0.2, 0.25) is 0 Å². The molecule has 1 saturated heterocycles. The van der Waals surface area contributed by atoms with E-state index in [1.807, 2.05) is 17.0 Å². The third kappa shape index (κ3) is 1.59. The molecule has 1 amide bonds. The highest BCUT2D eigenvalue weighted by Crippen LogP contribution is 2.35. The van der Waals surface area contributed by atoms with Crippen molar-refractivity contribution >= 4 is 18.3 Å². The lowest BCUT2D eigenvalue weighted by atomic mass is 10.00. The van der Waals surface area contributed by atoms with Gasteiger partial charge >= 0.3 is 0 Å². The molecule has 2 aliphatic heterocycles. The van der Waals surface area contributed by atoms with Crippen LogP contribution in [0.5, 0.6) is 0 Å². The van der Waals surface area contributed by atoms with Gasteiger partial charge in [-0.25, -0.2) is 0 Å². The summed E-state index contributed by atoms with van der Waals surface area (Å²) in [5.41, 5.74) is 2.10. The van der Waals surface area contributed by atoms with Crippen molar-refractivity contribution in [1.82, 2.24) is 10.2 Å². The van der Waals surface area contributed by atoms with Gasteiger partial charge in [-0.1, -0.05) is 12.1 Å². The number of halogens is 1. The van der Waals surface area contributed by atoms with Gasteiger partial charge in [0.1, 0.15) is 0 Å². The standard InChI is InChI=1S/C12H11N3O.ClH/c13-6-8-2-1-3-9-10-7-14-4-5-15(10)12(16)11(8)9;/h1-3,10,14H,4-5,7H2;1H. The van der Waals surface area contributed by atoms with Crippen molar-refractivity contribution in [2.45, 2.75) is 6.04 Å². The molecule has 0 radical (unpaired) electrons. The van der Waals surface area contributed by atoms with E-state index in [4.69, 9.17) is 5.26 Å². The molecule has 88 valence electrons. The fourth-order valence-corrected chi connectivity index (χ4v) is 2.55. The van der Waals surface area contributed by atoms with E-state index in [1.165, 1.54) is 0 Å². The van der Waals surface area contributed by atoms with Crippen LogP contribution in [0.4, 0.5) is 0 Å². The molecule has 1 aromatic rings. The molecule has 4 nitrogen and oxygen atoms in total. The highest BCUT2D eigenvalue weighted by molar-refractivity contribution is 6.01. The molecule has 1 N–H and O–H groups in total. The molecule has 3 rings (SSSR count). The molecule has 17 heavy (non-hydrogen) atoms. The van der Waals surface area contributed by atoms with Gasteiger partial charge in [-0.3, -0.25) is 4.79 Å². The van der Waals surface area contributed by atoms with Gasteiger partial charge in [-0.05, 0) is 11.6 Å². The summed E-state index contributed by atoms with van der Waals surface area (Å²) in [4.78, 5) is 14.0. The normalized spacial score (nSPS) is 21.2. The van der Waals surface area contributed by atoms with Crippen molar-refractivity contribution in [1.29, 1.82) is 5.26 Å². The number of nitrogens with zero attached hydrogens (tertiary/aromatic N) is 2. The number of amides is 1. The number of fused-ring (bicyclic) bond motifs is 3. The number of piperazine rings is 1. The average molecular weight is 250 g/mol. The lowest BCUT2D eigenvalue weighted by Crippen LogP contribution is -2.44. The number of nitrogens with one attached hydrogen (secondary N) is 1. The van der Waals surface area contributed by atoms with E-state index in [1.54, 1.807) is 6.07 Å². The first kappa shape index (κ1) is 11.9. The zero-order chi connectivity index (χ0) is 11.1. The third-order valence-electron chi connectivity index (χ3n) is 3.29. The summed E-state index contributed by atoms with van der Waals surface area (Å²) in [5.74, 6) is 0.0126. The van der Waals surface area contributed by atoms with Crippen LogP contribution in [0.1, 0.15) is 27.5 Å². The first-order valence-corrected chi connectivity index (χ1v) is 5.37. The van der Waals surface area contributed by atoms with Gasteiger partial charge in [0.2, 0.25) is 0 Å². The molecule has 2 aliphatic rings. The van der Waals surface area contributed by atoms with Crippen LogP contribution in [-0.4, -0.2) is 30.4 Å². The fourth-order valence-electron chi connectivity index (χ4n) is 2.55. The van der Waals surface area contributed by atoms with Crippen molar-refractivity contribution in [3.05, 3.63) is 34.9 Å². The van der Waals surface area contributed by atoms with Crippen LogP contribution >= 0.6 is 12.4 Å². The van der Waals surface area contributed by atoms with Gasteiger partial charge in [0.15, 0.2) is 0 Å². The van der Waals surface area contributed by atoms with Crippen molar-refractivity contribution in [3.8, 4) is 6.07 Å². The molecule has 1 unspecified atom stereocenters. The Bertz CT molecular complexity index is 509. The number of carbonyl (C=O) groups excluding carboxylic acids is 1. The number of nitriles is 1. The molecule has 1 fully saturated rings. The summed E-state index contributed by atoms with van der Waals surface area (Å²) in [6, 6.07) is 7.73. The number of benzene rings is 1. The monoisotopic (exact) mass is 249 g/mol. The fraction of sp³-hybridized carbons (Fsp3) is 0.333. The summed E-state index contributed by atoms with van der Waals surface area (Å²) in [6.07, 6.45) is 0. The number of carbonyl (C=O) groups is 1. The summed E-state index contributed by atoms with van der Waals surface area (Å²) in [6.45, 7) is 2.34. The van der Waals surface area contributed by atoms with Gasteiger partial charge in [0.05, 0.1) is 23.2 Å². The van der Waals surface area contributed by atoms with Crippen LogP contribution in [0.3, 0.4) is 0 Å². The molecule has 1 atom stereocenters. The Morgan fingerprint density at radius 2 is 2.29 bits per heavy atom. The second kappa shape index (κ2) is 4.36. The van der Waals surface area contributed by atoms with E-state index in [2.05, 4.69) is 11.4 Å². The molecular weight excluding hydrogens is 238 g/mol. The minimum Gasteiger partial charge on any atom is -0.329 e. The molecular formula is C12H12ClN3O. The number of hydrogen-bond donors (Lipinski definition) is 1. The van der Waals surface area contributed by atoms with Gasteiger partial charge < -0.3 is 10.2 Å². The maximum absolute atomic E-state index is 12.2. The maximum Gasteiger partial charge on any atom is 0.256 e. The lowest BCUT2D eigenvalue weighted by Gasteiger charge is -2.30. The van der Waals surface area contributed by atoms with E-state index in [0.717, 1.165) is 25.2 Å². The summed E-state index contributed by atoms with van der Waals surface area (Å²) in [5, 5.41) is 12.3. The van der Waals surface area contributed by atoms with E-state index < -0.39 is 0 Å². The Kier molecular flexibility index (Phi) is 3.05. The third-order valence-corrected chi connectivity index (χ3v) is 3.29. The molecule has 0 saturated carbocycles. The number of rotatable bonds is 0. The van der Waals surface area contributed by atoms with Crippen molar-refractivity contribution in [2.75, 3.05) is 19.6 Å². The van der Waals surface area contributed by atoms with Gasteiger partial charge in [-0.15, -0.1) is 12.4 Å². The first-order chi connectivity index (χ1) is 7.83. The second-order valence-electron chi connectivity index (χ2n) is 4.10. The van der Waals surface area contributed by atoms with Crippen molar-refractivity contribution in [3.63, 3.8) is 0 Å². The van der Waals surface area contributed by atoms with Crippen molar-refractivity contribution in [2.24, 2.45) is 0 Å². The SMILES string of the molecule is Cl.N#Cc1cccc2c1C(=O)N1CCNCC21. The Morgan fingerprint density at radius 3 is 3.06 bits per heavy atom. The summed E-state index contributed by atoms with van der Waals surface area (Å²) in [7, 11) is 0. The summed E-state index contributed by atoms with van der Waals surface area (Å²) >= 11 is 0. The van der Waals surface area contributed by atoms with Gasteiger partial charge in [0.25, 0.3) is 5.91 Å². The predicted molar refractivity (Wildman–Crippen MR) is 65.1 cm³/mol. The topological polar surface area (TPSA) is 56.1 Å².